The molecule has 2 aliphatic carbocycles. The summed E-state index contributed by atoms with van der Waals surface area (Å²) in [5.74, 6) is 0.893. The van der Waals surface area contributed by atoms with Gasteiger partial charge in [-0.1, -0.05) is 26.2 Å². The van der Waals surface area contributed by atoms with Crippen LogP contribution in [-0.2, 0) is 0 Å². The summed E-state index contributed by atoms with van der Waals surface area (Å²) in [4.78, 5) is 12.3. The molecule has 0 aliphatic heterocycles. The highest BCUT2D eigenvalue weighted by Crippen LogP contribution is 2.32. The van der Waals surface area contributed by atoms with Crippen molar-refractivity contribution < 1.29 is 4.79 Å². The molecule has 6 heteroatoms. The van der Waals surface area contributed by atoms with E-state index in [9.17, 15) is 4.79 Å². The van der Waals surface area contributed by atoms with Crippen molar-refractivity contribution in [3.63, 3.8) is 0 Å². The number of nitrogens with two attached hydrogens (primary N) is 1. The van der Waals surface area contributed by atoms with E-state index in [0.29, 0.717) is 29.4 Å². The highest BCUT2D eigenvalue weighted by atomic mass is 32.1. The molecule has 2 aliphatic rings. The lowest BCUT2D eigenvalue weighted by molar-refractivity contribution is 0.0953. The molecule has 0 bridgehead atoms. The van der Waals surface area contributed by atoms with E-state index >= 15 is 0 Å². The lowest BCUT2D eigenvalue weighted by atomic mass is 9.97. The highest BCUT2D eigenvalue weighted by Gasteiger charge is 2.29. The maximum atomic E-state index is 12.3. The zero-order valence-corrected chi connectivity index (χ0v) is 13.3. The Balaban J connectivity index is 1.73. The van der Waals surface area contributed by atoms with E-state index in [1.54, 1.807) is 0 Å². The minimum atomic E-state index is -0.0764. The van der Waals surface area contributed by atoms with Crippen LogP contribution in [0.5, 0.6) is 0 Å². The number of carbonyl (C=O) groups excluding carboxylic acids is 1. The summed E-state index contributed by atoms with van der Waals surface area (Å²) in [6.07, 6.45) is 8.41. The zero-order valence-electron chi connectivity index (χ0n) is 12.5. The molecule has 2 fully saturated rings. The van der Waals surface area contributed by atoms with Crippen molar-refractivity contribution in [3.8, 4) is 0 Å². The summed E-state index contributed by atoms with van der Waals surface area (Å²) >= 11 is 1.31. The standard InChI is InChI=1S/C15H24N4OS/c1-9-5-3-2-4-6-11(9)18-15-12(13(16)19-21-15)14(20)17-10-7-8-10/h9-11,18H,2-8H2,1H3,(H2,16,19)(H,17,20). The fourth-order valence-corrected chi connectivity index (χ4v) is 3.76. The van der Waals surface area contributed by atoms with Crippen molar-refractivity contribution in [3.05, 3.63) is 5.56 Å². The van der Waals surface area contributed by atoms with Gasteiger partial charge in [-0.3, -0.25) is 4.79 Å². The summed E-state index contributed by atoms with van der Waals surface area (Å²) in [5, 5.41) is 7.39. The van der Waals surface area contributed by atoms with Gasteiger partial charge in [0.05, 0.1) is 0 Å². The second-order valence-electron chi connectivity index (χ2n) is 6.39. The van der Waals surface area contributed by atoms with E-state index in [-0.39, 0.29) is 5.91 Å². The first-order valence-electron chi connectivity index (χ1n) is 7.97. The molecule has 1 heterocycles. The Morgan fingerprint density at radius 2 is 2.00 bits per heavy atom. The maximum Gasteiger partial charge on any atom is 0.258 e. The molecule has 4 N–H and O–H groups in total. The largest absolute Gasteiger partial charge is 0.382 e. The summed E-state index contributed by atoms with van der Waals surface area (Å²) in [6.45, 7) is 2.29. The Hall–Kier alpha value is -1.30. The van der Waals surface area contributed by atoms with Crippen LogP contribution in [0.2, 0.25) is 0 Å². The van der Waals surface area contributed by atoms with Crippen LogP contribution in [0.4, 0.5) is 10.8 Å². The number of nitrogens with one attached hydrogen (secondary N) is 2. The number of carbonyl (C=O) groups is 1. The molecule has 1 aromatic rings. The Bertz CT molecular complexity index is 512. The molecule has 5 nitrogen and oxygen atoms in total. The molecule has 2 atom stereocenters. The van der Waals surface area contributed by atoms with Gasteiger partial charge in [0.15, 0.2) is 5.82 Å². The fraction of sp³-hybridized carbons (Fsp3) is 0.733. The van der Waals surface area contributed by atoms with Gasteiger partial charge in [0.1, 0.15) is 10.6 Å². The first-order chi connectivity index (χ1) is 10.1. The van der Waals surface area contributed by atoms with Crippen molar-refractivity contribution >= 4 is 28.3 Å². The van der Waals surface area contributed by atoms with Crippen LogP contribution < -0.4 is 16.4 Å². The van der Waals surface area contributed by atoms with Crippen LogP contribution in [0.15, 0.2) is 0 Å². The monoisotopic (exact) mass is 308 g/mol. The molecule has 0 spiro atoms. The topological polar surface area (TPSA) is 80.0 Å². The maximum absolute atomic E-state index is 12.3. The van der Waals surface area contributed by atoms with Crippen molar-refractivity contribution in [2.45, 2.75) is 64.0 Å². The molecule has 0 aromatic carbocycles. The molecule has 0 radical (unpaired) electrons. The van der Waals surface area contributed by atoms with Gasteiger partial charge in [-0.25, -0.2) is 0 Å². The Labute approximate surface area is 129 Å². The van der Waals surface area contributed by atoms with Crippen LogP contribution in [0.1, 0.15) is 62.2 Å². The summed E-state index contributed by atoms with van der Waals surface area (Å²) < 4.78 is 4.18. The number of hydrogen-bond donors (Lipinski definition) is 3. The SMILES string of the molecule is CC1CCCCCC1Nc1snc(N)c1C(=O)NC1CC1. The highest BCUT2D eigenvalue weighted by molar-refractivity contribution is 7.11. The van der Waals surface area contributed by atoms with Crippen molar-refractivity contribution in [2.24, 2.45) is 5.92 Å². The summed E-state index contributed by atoms with van der Waals surface area (Å²) in [7, 11) is 0. The van der Waals surface area contributed by atoms with Crippen molar-refractivity contribution in [1.82, 2.24) is 9.69 Å². The smallest absolute Gasteiger partial charge is 0.258 e. The van der Waals surface area contributed by atoms with E-state index in [1.165, 1.54) is 37.2 Å². The van der Waals surface area contributed by atoms with E-state index in [0.717, 1.165) is 24.3 Å². The number of nitrogen functional groups attached to an aromatic ring is 1. The Kier molecular flexibility index (Phi) is 4.33. The van der Waals surface area contributed by atoms with Gasteiger partial charge < -0.3 is 16.4 Å². The number of aromatic nitrogens is 1. The molecule has 0 saturated heterocycles. The third-order valence-corrected chi connectivity index (χ3v) is 5.33. The first kappa shape index (κ1) is 14.6. The number of rotatable bonds is 4. The van der Waals surface area contributed by atoms with Gasteiger partial charge in [-0.15, -0.1) is 0 Å². The minimum Gasteiger partial charge on any atom is -0.382 e. The molecule has 1 aromatic heterocycles. The first-order valence-corrected chi connectivity index (χ1v) is 8.75. The average molecular weight is 308 g/mol. The molecule has 1 amide bonds. The van der Waals surface area contributed by atoms with Gasteiger partial charge in [0.25, 0.3) is 5.91 Å². The van der Waals surface area contributed by atoms with Crippen molar-refractivity contribution in [1.29, 1.82) is 0 Å². The third-order valence-electron chi connectivity index (χ3n) is 4.54. The molecular formula is C15H24N4OS. The van der Waals surface area contributed by atoms with Gasteiger partial charge in [-0.05, 0) is 43.1 Å². The predicted octanol–water partition coefficient (Wildman–Crippen LogP) is 3.00. The summed E-state index contributed by atoms with van der Waals surface area (Å²) in [6, 6.07) is 0.751. The van der Waals surface area contributed by atoms with E-state index in [2.05, 4.69) is 21.9 Å². The second-order valence-corrected chi connectivity index (χ2v) is 7.16. The van der Waals surface area contributed by atoms with Crippen molar-refractivity contribution in [2.75, 3.05) is 11.1 Å². The lowest BCUT2D eigenvalue weighted by Crippen LogP contribution is -2.29. The summed E-state index contributed by atoms with van der Waals surface area (Å²) in [5.41, 5.74) is 6.45. The fourth-order valence-electron chi connectivity index (χ4n) is 2.98. The molecule has 3 rings (SSSR count). The van der Waals surface area contributed by atoms with Crippen LogP contribution >= 0.6 is 11.5 Å². The number of amides is 1. The average Bonchev–Trinajstić information content (AvgIpc) is 3.21. The van der Waals surface area contributed by atoms with Crippen LogP contribution in [0.25, 0.3) is 0 Å². The van der Waals surface area contributed by atoms with Gasteiger partial charge in [-0.2, -0.15) is 4.37 Å². The van der Waals surface area contributed by atoms with E-state index < -0.39 is 0 Å². The van der Waals surface area contributed by atoms with Gasteiger partial charge in [0.2, 0.25) is 0 Å². The third kappa shape index (κ3) is 3.48. The molecule has 116 valence electrons. The number of nitrogens with zero attached hydrogens (tertiary/aromatic N) is 1. The quantitative estimate of drug-likeness (QED) is 0.747. The molecular weight excluding hydrogens is 284 g/mol. The lowest BCUT2D eigenvalue weighted by Gasteiger charge is -2.23. The van der Waals surface area contributed by atoms with Crippen LogP contribution in [-0.4, -0.2) is 22.4 Å². The Morgan fingerprint density at radius 1 is 1.24 bits per heavy atom. The van der Waals surface area contributed by atoms with Crippen LogP contribution in [0, 0.1) is 5.92 Å². The van der Waals surface area contributed by atoms with Crippen LogP contribution in [0.3, 0.4) is 0 Å². The van der Waals surface area contributed by atoms with Gasteiger partial charge >= 0.3 is 0 Å². The Morgan fingerprint density at radius 3 is 2.76 bits per heavy atom. The zero-order chi connectivity index (χ0) is 14.8. The number of hydrogen-bond acceptors (Lipinski definition) is 5. The minimum absolute atomic E-state index is 0.0764. The van der Waals surface area contributed by atoms with E-state index in [4.69, 9.17) is 5.73 Å². The number of anilines is 2. The normalized spacial score (nSPS) is 26.1. The predicted molar refractivity (Wildman–Crippen MR) is 86.7 cm³/mol. The molecule has 21 heavy (non-hydrogen) atoms. The van der Waals surface area contributed by atoms with E-state index in [1.807, 2.05) is 0 Å². The van der Waals surface area contributed by atoms with Gasteiger partial charge in [0, 0.05) is 12.1 Å². The molecule has 2 saturated carbocycles. The molecule has 2 unspecified atom stereocenters. The second kappa shape index (κ2) is 6.22.